The van der Waals surface area contributed by atoms with E-state index >= 15 is 0 Å². The van der Waals surface area contributed by atoms with Crippen LogP contribution in [0.5, 0.6) is 0 Å². The summed E-state index contributed by atoms with van der Waals surface area (Å²) in [5, 5.41) is 8.15. The Balaban J connectivity index is 0.000000366. The van der Waals surface area contributed by atoms with Crippen molar-refractivity contribution < 1.29 is 22.4 Å². The molecule has 1 nitrogen and oxygen atoms in total. The second-order valence-electron chi connectivity index (χ2n) is 8.73. The van der Waals surface area contributed by atoms with E-state index in [0.29, 0.717) is 0 Å². The average molecular weight is 318 g/mol. The van der Waals surface area contributed by atoms with Crippen LogP contribution in [0.3, 0.4) is 0 Å². The van der Waals surface area contributed by atoms with Crippen molar-refractivity contribution in [1.29, 1.82) is 0 Å². The van der Waals surface area contributed by atoms with Crippen LogP contribution >= 0.6 is 0 Å². The van der Waals surface area contributed by atoms with Crippen LogP contribution in [0.4, 0.5) is 0 Å². The summed E-state index contributed by atoms with van der Waals surface area (Å²) >= 11 is -2.78. The first-order valence-corrected chi connectivity index (χ1v) is 20.1. The molecule has 1 aliphatic rings. The Labute approximate surface area is 105 Å². The van der Waals surface area contributed by atoms with E-state index in [2.05, 4.69) is 48.0 Å². The van der Waals surface area contributed by atoms with Crippen LogP contribution in [0, 0.1) is 0 Å². The minimum absolute atomic E-state index is 0.284. The third kappa shape index (κ3) is 7.89. The van der Waals surface area contributed by atoms with Gasteiger partial charge in [-0.1, -0.05) is 6.08 Å². The SMILES string of the molecule is C=CCCCO.[CH3][Zr]([CH3])([CH3])([CH3])([CH3])[C]1=CC=CC1. The van der Waals surface area contributed by atoms with E-state index in [9.17, 15) is 0 Å². The number of rotatable bonds is 4. The summed E-state index contributed by atoms with van der Waals surface area (Å²) in [6.45, 7) is 3.77. The van der Waals surface area contributed by atoms with E-state index < -0.39 is 17.3 Å². The molecular formula is C15H30OZr. The third-order valence-electron chi connectivity index (χ3n) is 2.94. The Bertz CT molecular complexity index is 313. The van der Waals surface area contributed by atoms with Crippen LogP contribution in [0.1, 0.15) is 19.3 Å². The first-order chi connectivity index (χ1) is 7.51. The molecule has 0 spiro atoms. The van der Waals surface area contributed by atoms with Crippen molar-refractivity contribution >= 4 is 0 Å². The molecule has 1 aliphatic carbocycles. The Morgan fingerprint density at radius 2 is 1.88 bits per heavy atom. The van der Waals surface area contributed by atoms with Crippen LogP contribution in [0.25, 0.3) is 0 Å². The predicted molar refractivity (Wildman–Crippen MR) is 77.7 cm³/mol. The van der Waals surface area contributed by atoms with E-state index in [-0.39, 0.29) is 6.61 Å². The summed E-state index contributed by atoms with van der Waals surface area (Å²) in [4.78, 5) is 0. The van der Waals surface area contributed by atoms with Gasteiger partial charge in [-0.2, -0.15) is 0 Å². The Morgan fingerprint density at radius 3 is 2.06 bits per heavy atom. The van der Waals surface area contributed by atoms with Gasteiger partial charge in [0.05, 0.1) is 0 Å². The van der Waals surface area contributed by atoms with E-state index in [0.717, 1.165) is 12.8 Å². The fraction of sp³-hybridized carbons (Fsp3) is 0.600. The Kier molecular flexibility index (Phi) is 5.39. The minimum atomic E-state index is -2.78. The molecule has 1 rings (SSSR count). The summed E-state index contributed by atoms with van der Waals surface area (Å²) in [5.41, 5.74) is 0. The van der Waals surface area contributed by atoms with Gasteiger partial charge in [-0.25, -0.2) is 0 Å². The van der Waals surface area contributed by atoms with Crippen LogP contribution in [-0.2, 0) is 17.3 Å². The molecule has 0 saturated heterocycles. The maximum atomic E-state index is 8.15. The van der Waals surface area contributed by atoms with E-state index in [1.807, 2.05) is 0 Å². The number of hydrogen-bond acceptors (Lipinski definition) is 1. The van der Waals surface area contributed by atoms with Crippen molar-refractivity contribution in [2.45, 2.75) is 42.4 Å². The molecule has 0 aromatic carbocycles. The van der Waals surface area contributed by atoms with Crippen molar-refractivity contribution in [2.75, 3.05) is 6.61 Å². The van der Waals surface area contributed by atoms with Crippen LogP contribution in [0.2, 0.25) is 23.2 Å². The van der Waals surface area contributed by atoms with Crippen LogP contribution in [-0.4, -0.2) is 11.7 Å². The molecule has 0 amide bonds. The topological polar surface area (TPSA) is 20.2 Å². The van der Waals surface area contributed by atoms with Gasteiger partial charge in [0.15, 0.2) is 0 Å². The van der Waals surface area contributed by atoms with Gasteiger partial charge >= 0.3 is 68.4 Å². The molecule has 1 N–H and O–H groups in total. The van der Waals surface area contributed by atoms with Crippen molar-refractivity contribution in [3.8, 4) is 0 Å². The third-order valence-corrected chi connectivity index (χ3v) is 11.7. The molecule has 17 heavy (non-hydrogen) atoms. The molecule has 0 unspecified atom stereocenters. The first-order valence-electron chi connectivity index (χ1n) is 6.60. The quantitative estimate of drug-likeness (QED) is 0.555. The van der Waals surface area contributed by atoms with Gasteiger partial charge in [-0.3, -0.25) is 0 Å². The van der Waals surface area contributed by atoms with Gasteiger partial charge < -0.3 is 5.11 Å². The van der Waals surface area contributed by atoms with Gasteiger partial charge in [0.1, 0.15) is 0 Å². The molecule has 100 valence electrons. The number of allylic oxidation sites excluding steroid dienone is 5. The normalized spacial score (nSPS) is 18.6. The summed E-state index contributed by atoms with van der Waals surface area (Å²) in [6, 6.07) is 0. The molecule has 2 heteroatoms. The second-order valence-corrected chi connectivity index (χ2v) is 41.0. The van der Waals surface area contributed by atoms with Gasteiger partial charge in [-0.05, 0) is 12.8 Å². The molecule has 0 aromatic rings. The van der Waals surface area contributed by atoms with Gasteiger partial charge in [-0.15, -0.1) is 6.58 Å². The Hall–Kier alpha value is 0.0631. The molecule has 0 saturated carbocycles. The molecule has 0 bridgehead atoms. The van der Waals surface area contributed by atoms with E-state index in [4.69, 9.17) is 5.11 Å². The summed E-state index contributed by atoms with van der Waals surface area (Å²) in [7, 11) is 0. The monoisotopic (exact) mass is 316 g/mol. The zero-order valence-corrected chi connectivity index (χ0v) is 14.8. The van der Waals surface area contributed by atoms with Crippen molar-refractivity contribution in [3.05, 3.63) is 34.2 Å². The number of hydrogen-bond donors (Lipinski definition) is 1. The van der Waals surface area contributed by atoms with Crippen molar-refractivity contribution in [2.24, 2.45) is 0 Å². The Morgan fingerprint density at radius 1 is 1.29 bits per heavy atom. The molecular weight excluding hydrogens is 287 g/mol. The molecule has 0 heterocycles. The first kappa shape index (κ1) is 17.1. The van der Waals surface area contributed by atoms with Crippen molar-refractivity contribution in [3.63, 3.8) is 0 Å². The number of aliphatic hydroxyl groups excluding tert-OH is 1. The molecule has 0 aromatic heterocycles. The fourth-order valence-electron chi connectivity index (χ4n) is 1.61. The van der Waals surface area contributed by atoms with Gasteiger partial charge in [0, 0.05) is 6.61 Å². The summed E-state index contributed by atoms with van der Waals surface area (Å²) in [6.07, 6.45) is 11.6. The standard InChI is InChI=1S/C5H10O.C5H5.5CH3.Zr/c1-2-3-4-5-6;1-2-4-5-3-1;;;;;;/h2,6H,1,3-5H2;1-3H,4H2;5*1H3;. The zero-order chi connectivity index (χ0) is 13.6. The van der Waals surface area contributed by atoms with E-state index in [1.165, 1.54) is 6.42 Å². The van der Waals surface area contributed by atoms with Gasteiger partial charge in [0.25, 0.3) is 0 Å². The fourth-order valence-corrected chi connectivity index (χ4v) is 6.69. The maximum absolute atomic E-state index is 8.15. The zero-order valence-electron chi connectivity index (χ0n) is 12.3. The van der Waals surface area contributed by atoms with E-state index in [1.54, 1.807) is 9.36 Å². The molecule has 0 fully saturated rings. The molecule has 0 atom stereocenters. The molecule has 0 radical (unpaired) electrons. The second kappa shape index (κ2) is 5.37. The molecule has 0 aliphatic heterocycles. The van der Waals surface area contributed by atoms with Crippen molar-refractivity contribution in [1.82, 2.24) is 0 Å². The predicted octanol–water partition coefficient (Wildman–Crippen LogP) is 5.24. The van der Waals surface area contributed by atoms with Crippen LogP contribution in [0.15, 0.2) is 34.2 Å². The average Bonchev–Trinajstić information content (AvgIpc) is 2.65. The number of aliphatic hydroxyl groups is 1. The number of unbranched alkanes of at least 4 members (excludes halogenated alkanes) is 1. The van der Waals surface area contributed by atoms with Gasteiger partial charge in [0.2, 0.25) is 0 Å². The summed E-state index contributed by atoms with van der Waals surface area (Å²) in [5.74, 6) is 0. The summed E-state index contributed by atoms with van der Waals surface area (Å²) < 4.78 is 14.2. The van der Waals surface area contributed by atoms with Crippen LogP contribution < -0.4 is 0 Å².